The van der Waals surface area contributed by atoms with Crippen molar-refractivity contribution in [2.24, 2.45) is 22.8 Å². The second-order valence-corrected chi connectivity index (χ2v) is 11.6. The molecule has 0 saturated carbocycles. The van der Waals surface area contributed by atoms with Crippen LogP contribution >= 0.6 is 0 Å². The second-order valence-electron chi connectivity index (χ2n) is 11.6. The Labute approximate surface area is 305 Å². The van der Waals surface area contributed by atoms with Gasteiger partial charge in [-0.15, -0.1) is 0 Å². The third kappa shape index (κ3) is 10.9. The molecule has 0 bridgehead atoms. The molecule has 1 atom stereocenters. The number of morpholine rings is 1. The van der Waals surface area contributed by atoms with Crippen LogP contribution in [0, 0.1) is 44.0 Å². The molecule has 47 heavy (non-hydrogen) atoms. The molecule has 1 fully saturated rings. The molecule has 0 aliphatic carbocycles. The summed E-state index contributed by atoms with van der Waals surface area (Å²) in [7, 11) is 1.80. The van der Waals surface area contributed by atoms with Gasteiger partial charge in [-0.3, -0.25) is 10.7 Å². The van der Waals surface area contributed by atoms with Crippen LogP contribution < -0.4 is 21.7 Å². The summed E-state index contributed by atoms with van der Waals surface area (Å²) in [5.41, 5.74) is 11.6. The normalized spacial score (nSPS) is 16.6. The third-order valence-corrected chi connectivity index (χ3v) is 7.74. The number of benzene rings is 2. The first kappa shape index (κ1) is 40.0. The summed E-state index contributed by atoms with van der Waals surface area (Å²) < 4.78 is 7.68. The van der Waals surface area contributed by atoms with Crippen molar-refractivity contribution in [1.29, 1.82) is 0 Å². The third-order valence-electron chi connectivity index (χ3n) is 7.74. The number of aromatic nitrogens is 1. The number of unbranched alkanes of at least 4 members (excludes halogenated alkanes) is 1. The van der Waals surface area contributed by atoms with Gasteiger partial charge in [0, 0.05) is 85.4 Å². The Kier molecular flexibility index (Phi) is 17.2. The molecule has 1 unspecified atom stereocenters. The van der Waals surface area contributed by atoms with E-state index in [0.717, 1.165) is 51.5 Å². The number of aliphatic imine (C=N–C) groups is 2. The van der Waals surface area contributed by atoms with Crippen LogP contribution in [0.1, 0.15) is 71.6 Å². The van der Waals surface area contributed by atoms with Crippen molar-refractivity contribution in [2.45, 2.75) is 67.3 Å². The van der Waals surface area contributed by atoms with Crippen LogP contribution in [-0.4, -0.2) is 47.7 Å². The second kappa shape index (κ2) is 20.2. The fraction of sp³-hybridized carbons (Fsp3) is 0.385. The molecular weight excluding hydrogens is 808 g/mol. The van der Waals surface area contributed by atoms with Gasteiger partial charge in [-0.25, -0.2) is 4.99 Å². The number of nitrogens with zero attached hydrogens (tertiary/aromatic N) is 4. The Balaban J connectivity index is 0.00000251. The summed E-state index contributed by atoms with van der Waals surface area (Å²) in [4.78, 5) is 24.8. The van der Waals surface area contributed by atoms with E-state index < -0.39 is 0 Å². The molecule has 2 N–H and O–H groups in total. The largest absolute Gasteiger partial charge is 0.404 e. The number of ether oxygens (including phenoxy) is 1. The van der Waals surface area contributed by atoms with Gasteiger partial charge < -0.3 is 24.9 Å². The van der Waals surface area contributed by atoms with E-state index in [1.165, 1.54) is 11.5 Å². The quantitative estimate of drug-likeness (QED) is 0.198. The van der Waals surface area contributed by atoms with Gasteiger partial charge in [-0.05, 0) is 54.3 Å². The Hall–Kier alpha value is -3.18. The molecule has 2 heterocycles. The number of pyridine rings is 1. The monoisotopic (exact) mass is 860 g/mol. The first-order valence-corrected chi connectivity index (χ1v) is 16.4. The summed E-state index contributed by atoms with van der Waals surface area (Å²) in [5.74, 6) is 2.08. The number of hydrogen-bond donors (Lipinski definition) is 1. The van der Waals surface area contributed by atoms with Crippen molar-refractivity contribution in [3.05, 3.63) is 110 Å². The smallest absolute Gasteiger partial charge is 0.253 e. The predicted molar refractivity (Wildman–Crippen MR) is 195 cm³/mol. The fourth-order valence-corrected chi connectivity index (χ4v) is 5.34. The zero-order chi connectivity index (χ0) is 33.6. The van der Waals surface area contributed by atoms with E-state index in [1.807, 2.05) is 52.2 Å². The zero-order valence-electron chi connectivity index (χ0n) is 29.5. The predicted octanol–water partition coefficient (Wildman–Crippen LogP) is 6.10. The molecule has 4 rings (SSSR count). The maximum absolute atomic E-state index is 12.5. The van der Waals surface area contributed by atoms with Gasteiger partial charge in [-0.2, -0.15) is 13.8 Å². The van der Waals surface area contributed by atoms with Crippen molar-refractivity contribution in [3.8, 4) is 11.1 Å². The first-order chi connectivity index (χ1) is 22.2. The number of aryl methyl sites for hydroxylation is 2. The molecule has 1 aromatic heterocycles. The summed E-state index contributed by atoms with van der Waals surface area (Å²) in [6.45, 7) is 16.6. The number of hydrogen-bond acceptors (Lipinski definition) is 6. The van der Waals surface area contributed by atoms with E-state index in [9.17, 15) is 4.79 Å². The van der Waals surface area contributed by atoms with E-state index in [0.29, 0.717) is 31.9 Å². The zero-order valence-corrected chi connectivity index (χ0v) is 33.7. The van der Waals surface area contributed by atoms with Crippen LogP contribution in [0.2, 0.25) is 0 Å². The number of nitrogens with two attached hydrogens (primary N) is 1. The first-order valence-electron chi connectivity index (χ1n) is 16.4. The van der Waals surface area contributed by atoms with Crippen molar-refractivity contribution < 1.29 is 35.9 Å². The molecule has 0 spiro atoms. The van der Waals surface area contributed by atoms with Crippen molar-refractivity contribution in [1.82, 2.24) is 9.47 Å². The Morgan fingerprint density at radius 1 is 1.11 bits per heavy atom. The molecule has 1 aliphatic heterocycles. The number of allylic oxidation sites excluding steroid dienone is 1. The average molecular weight is 861 g/mol. The van der Waals surface area contributed by atoms with E-state index >= 15 is 0 Å². The van der Waals surface area contributed by atoms with Gasteiger partial charge in [0.15, 0.2) is 0 Å². The molecular formula is C39H52N5O2U-. The van der Waals surface area contributed by atoms with Crippen LogP contribution in [0.4, 0.5) is 0 Å². The SMILES string of the molecule is CC.CCC\C=c1/ccc(-c2cc(C)c(=O)n(C)c2)c/c1=C(/N=C(C)/C(C=NC[C-](C)C)=C/N)N1CCOCC1c1ccccc1.[U]. The number of rotatable bonds is 10. The van der Waals surface area contributed by atoms with Crippen molar-refractivity contribution >= 4 is 23.8 Å². The molecule has 7 nitrogen and oxygen atoms in total. The maximum atomic E-state index is 12.5. The molecule has 1 saturated heterocycles. The molecule has 0 radical (unpaired) electrons. The fourth-order valence-electron chi connectivity index (χ4n) is 5.34. The Bertz CT molecular complexity index is 1680. The van der Waals surface area contributed by atoms with Crippen LogP contribution in [-0.2, 0) is 11.8 Å². The minimum atomic E-state index is -0.0183. The van der Waals surface area contributed by atoms with E-state index in [2.05, 4.69) is 79.2 Å². The van der Waals surface area contributed by atoms with Crippen LogP contribution in [0.3, 0.4) is 0 Å². The summed E-state index contributed by atoms with van der Waals surface area (Å²) in [6.07, 6.45) is 9.55. The minimum Gasteiger partial charge on any atom is -0.404 e. The van der Waals surface area contributed by atoms with Gasteiger partial charge in [0.1, 0.15) is 5.82 Å². The molecule has 3 aromatic rings. The minimum absolute atomic E-state index is 0. The van der Waals surface area contributed by atoms with Gasteiger partial charge in [0.25, 0.3) is 5.56 Å². The topological polar surface area (TPSA) is 85.2 Å². The summed E-state index contributed by atoms with van der Waals surface area (Å²) in [6, 6.07) is 18.9. The molecule has 1 aliphatic rings. The molecule has 8 heteroatoms. The van der Waals surface area contributed by atoms with E-state index in [1.54, 1.807) is 17.8 Å². The van der Waals surface area contributed by atoms with E-state index in [4.69, 9.17) is 15.5 Å². The Morgan fingerprint density at radius 3 is 2.47 bits per heavy atom. The van der Waals surface area contributed by atoms with Crippen molar-refractivity contribution in [2.75, 3.05) is 26.3 Å². The van der Waals surface area contributed by atoms with Gasteiger partial charge >= 0.3 is 0 Å². The molecule has 250 valence electrons. The summed E-state index contributed by atoms with van der Waals surface area (Å²) >= 11 is 0. The van der Waals surface area contributed by atoms with Crippen LogP contribution in [0.25, 0.3) is 23.0 Å². The van der Waals surface area contributed by atoms with Crippen LogP contribution in [0.15, 0.2) is 87.3 Å². The van der Waals surface area contributed by atoms with Crippen LogP contribution in [0.5, 0.6) is 0 Å². The average Bonchev–Trinajstić information content (AvgIpc) is 3.08. The van der Waals surface area contributed by atoms with Gasteiger partial charge in [-0.1, -0.05) is 82.3 Å². The Morgan fingerprint density at radius 2 is 1.83 bits per heavy atom. The van der Waals surface area contributed by atoms with Gasteiger partial charge in [0.05, 0.1) is 19.3 Å². The molecule has 2 aromatic carbocycles. The van der Waals surface area contributed by atoms with E-state index in [-0.39, 0.29) is 42.7 Å². The molecule has 0 amide bonds. The van der Waals surface area contributed by atoms with Crippen molar-refractivity contribution in [3.63, 3.8) is 0 Å². The summed E-state index contributed by atoms with van der Waals surface area (Å²) in [5, 5.41) is 2.14. The standard InChI is InChI=1S/C37H46N5O2.C2H6.U/c1-7-8-12-29-15-16-31(32-19-27(4)37(43)41(6)24-32)20-34(29)36(40-28(5)33(21-38)23-39-22-26(2)3)42-17-18-44-25-35(42)30-13-10-9-11-14-30;1-2;/h9-16,19-21,23-24,35H,7-8,17-18,22,25,38H2,1-6H3;1-2H3;/q-1;;/b29-12+,33-21+,36-34+,39-23?,40-28+;;. The maximum Gasteiger partial charge on any atom is 0.253 e. The van der Waals surface area contributed by atoms with Gasteiger partial charge in [0.2, 0.25) is 0 Å².